The molecule has 4 aliphatic rings. The second kappa shape index (κ2) is 14.5. The minimum absolute atomic E-state index is 0.0135. The molecule has 66 heavy (non-hydrogen) atoms. The molecular formula is C60H40B2N4. The number of para-hydroxylation sites is 9. The van der Waals surface area contributed by atoms with Gasteiger partial charge in [-0.3, -0.25) is 0 Å². The van der Waals surface area contributed by atoms with Crippen molar-refractivity contribution in [2.24, 2.45) is 0 Å². The van der Waals surface area contributed by atoms with Crippen LogP contribution in [0.2, 0.25) is 0 Å². The fourth-order valence-electron chi connectivity index (χ4n) is 11.7. The number of rotatable bonds is 6. The molecule has 0 fully saturated rings. The van der Waals surface area contributed by atoms with E-state index in [0.717, 1.165) is 39.6 Å². The Balaban J connectivity index is 1.09. The van der Waals surface area contributed by atoms with E-state index < -0.39 is 0 Å². The van der Waals surface area contributed by atoms with E-state index in [1.54, 1.807) is 0 Å². The summed E-state index contributed by atoms with van der Waals surface area (Å²) in [4.78, 5) is 10.1. The first-order valence-corrected chi connectivity index (χ1v) is 22.9. The van der Waals surface area contributed by atoms with E-state index in [2.05, 4.69) is 262 Å². The molecule has 0 aromatic heterocycles. The van der Waals surface area contributed by atoms with E-state index >= 15 is 0 Å². The van der Waals surface area contributed by atoms with Crippen molar-refractivity contribution in [3.8, 4) is 11.1 Å². The molecule has 0 bridgehead atoms. The highest BCUT2D eigenvalue weighted by atomic mass is 15.2. The van der Waals surface area contributed by atoms with Gasteiger partial charge in [-0.1, -0.05) is 164 Å². The standard InChI is InChI=1S/C60H40B2N4/c1-4-22-41(23-5-1)63(42-24-6-2-7-25-42)50-34-16-10-28-44(50)45-29-11-17-35-51(45)65-53-37-19-13-31-47(53)62-49-33-15-21-39-55(49)66-54-38-20-14-32-48(54)61-46-30-12-18-36-52(46)64(43-26-8-3-9-27-43)56-40-57(65)59(62)60(66)58(56)61/h1-40H. The van der Waals surface area contributed by atoms with Gasteiger partial charge in [0.05, 0.1) is 11.4 Å². The van der Waals surface area contributed by atoms with Crippen LogP contribution >= 0.6 is 0 Å². The highest BCUT2D eigenvalue weighted by Crippen LogP contribution is 2.52. The molecule has 10 aromatic rings. The highest BCUT2D eigenvalue weighted by Gasteiger charge is 2.51. The summed E-state index contributed by atoms with van der Waals surface area (Å²) in [5.41, 5.74) is 24.4. The van der Waals surface area contributed by atoms with Gasteiger partial charge >= 0.3 is 0 Å². The summed E-state index contributed by atoms with van der Waals surface area (Å²) in [5, 5.41) is 0. The van der Waals surface area contributed by atoms with Crippen molar-refractivity contribution in [1.82, 2.24) is 0 Å². The van der Waals surface area contributed by atoms with Gasteiger partial charge in [0.2, 0.25) is 0 Å². The molecule has 6 heteroatoms. The molecule has 0 saturated carbocycles. The van der Waals surface area contributed by atoms with Gasteiger partial charge in [-0.25, -0.2) is 0 Å². The van der Waals surface area contributed by atoms with Crippen molar-refractivity contribution in [2.75, 3.05) is 19.6 Å². The van der Waals surface area contributed by atoms with E-state index in [4.69, 9.17) is 0 Å². The van der Waals surface area contributed by atoms with Crippen LogP contribution in [0.3, 0.4) is 0 Å². The molecule has 0 N–H and O–H groups in total. The molecule has 0 unspecified atom stereocenters. The Morgan fingerprint density at radius 1 is 0.288 bits per heavy atom. The van der Waals surface area contributed by atoms with Gasteiger partial charge in [-0.2, -0.15) is 0 Å². The lowest BCUT2D eigenvalue weighted by Gasteiger charge is -2.51. The van der Waals surface area contributed by atoms with Crippen molar-refractivity contribution in [1.29, 1.82) is 0 Å². The quantitative estimate of drug-likeness (QED) is 0.155. The van der Waals surface area contributed by atoms with E-state index in [-0.39, 0.29) is 13.4 Å². The Bertz CT molecular complexity index is 3480. The third-order valence-corrected chi connectivity index (χ3v) is 14.2. The third kappa shape index (κ3) is 5.24. The molecule has 0 saturated heterocycles. The number of benzene rings is 10. The van der Waals surface area contributed by atoms with Crippen LogP contribution in [0.4, 0.5) is 68.2 Å². The van der Waals surface area contributed by atoms with Crippen LogP contribution in [-0.4, -0.2) is 13.4 Å². The maximum atomic E-state index is 2.61. The summed E-state index contributed by atoms with van der Waals surface area (Å²) in [6, 6.07) is 89.4. The highest BCUT2D eigenvalue weighted by molar-refractivity contribution is 7.04. The fraction of sp³-hybridized carbons (Fsp3) is 0. The van der Waals surface area contributed by atoms with Gasteiger partial charge in [0.25, 0.3) is 13.4 Å². The number of hydrogen-bond donors (Lipinski definition) is 0. The van der Waals surface area contributed by atoms with Crippen LogP contribution in [0.25, 0.3) is 11.1 Å². The Labute approximate surface area is 386 Å². The number of fused-ring (bicyclic) bond motifs is 10. The van der Waals surface area contributed by atoms with Crippen LogP contribution < -0.4 is 52.4 Å². The minimum Gasteiger partial charge on any atom is -0.312 e. The average molecular weight is 839 g/mol. The zero-order valence-corrected chi connectivity index (χ0v) is 36.0. The topological polar surface area (TPSA) is 13.0 Å². The van der Waals surface area contributed by atoms with Crippen molar-refractivity contribution in [3.05, 3.63) is 243 Å². The van der Waals surface area contributed by atoms with Gasteiger partial charge in [0.1, 0.15) is 0 Å². The monoisotopic (exact) mass is 838 g/mol. The van der Waals surface area contributed by atoms with Gasteiger partial charge in [0, 0.05) is 68.0 Å². The summed E-state index contributed by atoms with van der Waals surface area (Å²) < 4.78 is 0. The Hall–Kier alpha value is -8.47. The van der Waals surface area contributed by atoms with Gasteiger partial charge in [-0.15, -0.1) is 0 Å². The molecular weight excluding hydrogens is 798 g/mol. The Morgan fingerprint density at radius 2 is 0.667 bits per heavy atom. The lowest BCUT2D eigenvalue weighted by Crippen LogP contribution is -2.68. The first kappa shape index (κ1) is 37.0. The Kier molecular flexibility index (Phi) is 8.14. The molecule has 14 rings (SSSR count). The molecule has 0 atom stereocenters. The molecule has 0 amide bonds. The van der Waals surface area contributed by atoms with Crippen LogP contribution in [0.1, 0.15) is 0 Å². The predicted octanol–water partition coefficient (Wildman–Crippen LogP) is 11.5. The van der Waals surface area contributed by atoms with Crippen molar-refractivity contribution >= 4 is 114 Å². The summed E-state index contributed by atoms with van der Waals surface area (Å²) in [7, 11) is 0. The molecule has 0 aliphatic carbocycles. The van der Waals surface area contributed by atoms with E-state index in [1.807, 2.05) is 0 Å². The smallest absolute Gasteiger partial charge is 0.252 e. The van der Waals surface area contributed by atoms with Gasteiger partial charge < -0.3 is 19.6 Å². The maximum Gasteiger partial charge on any atom is 0.252 e. The molecule has 4 aliphatic heterocycles. The van der Waals surface area contributed by atoms with Crippen LogP contribution in [0.15, 0.2) is 243 Å². The molecule has 4 heterocycles. The summed E-state index contributed by atoms with van der Waals surface area (Å²) >= 11 is 0. The van der Waals surface area contributed by atoms with E-state index in [0.29, 0.717) is 0 Å². The van der Waals surface area contributed by atoms with Crippen molar-refractivity contribution in [2.45, 2.75) is 0 Å². The summed E-state index contributed by atoms with van der Waals surface area (Å²) in [6.45, 7) is 0.0566. The van der Waals surface area contributed by atoms with Crippen LogP contribution in [0.5, 0.6) is 0 Å². The lowest BCUT2D eigenvalue weighted by atomic mass is 9.29. The van der Waals surface area contributed by atoms with Crippen molar-refractivity contribution < 1.29 is 0 Å². The van der Waals surface area contributed by atoms with E-state index in [1.165, 1.54) is 72.6 Å². The zero-order valence-electron chi connectivity index (χ0n) is 36.0. The zero-order chi connectivity index (χ0) is 43.3. The second-order valence-corrected chi connectivity index (χ2v) is 17.6. The summed E-state index contributed by atoms with van der Waals surface area (Å²) in [6.07, 6.45) is 0. The largest absolute Gasteiger partial charge is 0.312 e. The normalized spacial score (nSPS) is 13.3. The molecule has 0 spiro atoms. The first-order chi connectivity index (χ1) is 32.8. The summed E-state index contributed by atoms with van der Waals surface area (Å²) in [5.74, 6) is 0. The van der Waals surface area contributed by atoms with Crippen LogP contribution in [-0.2, 0) is 0 Å². The second-order valence-electron chi connectivity index (χ2n) is 17.6. The number of nitrogens with zero attached hydrogens (tertiary/aromatic N) is 4. The van der Waals surface area contributed by atoms with Crippen LogP contribution in [0, 0.1) is 0 Å². The lowest BCUT2D eigenvalue weighted by molar-refractivity contribution is 1.23. The Morgan fingerprint density at radius 3 is 1.20 bits per heavy atom. The van der Waals surface area contributed by atoms with Crippen molar-refractivity contribution in [3.63, 3.8) is 0 Å². The third-order valence-electron chi connectivity index (χ3n) is 14.2. The predicted molar refractivity (Wildman–Crippen MR) is 280 cm³/mol. The van der Waals surface area contributed by atoms with Gasteiger partial charge in [0.15, 0.2) is 0 Å². The number of hydrogen-bond acceptors (Lipinski definition) is 4. The SMILES string of the molecule is c1ccc(N(c2ccccc2)c2ccccc2-c2ccccc2N2c3ccccc3B3c4ccccc4N4c5ccccc5B5c6ccccc6N(c6ccccc6)c6cc2c3c4c65)cc1. The maximum absolute atomic E-state index is 2.61. The minimum atomic E-state index is 0.0135. The van der Waals surface area contributed by atoms with E-state index in [9.17, 15) is 0 Å². The average Bonchev–Trinajstić information content (AvgIpc) is 3.39. The van der Waals surface area contributed by atoms with Gasteiger partial charge in [-0.05, 0) is 112 Å². The fourth-order valence-corrected chi connectivity index (χ4v) is 11.7. The molecule has 0 radical (unpaired) electrons. The number of anilines is 12. The first-order valence-electron chi connectivity index (χ1n) is 22.9. The molecule has 306 valence electrons. The molecule has 4 nitrogen and oxygen atoms in total. The molecule has 10 aromatic carbocycles.